The van der Waals surface area contributed by atoms with E-state index in [0.29, 0.717) is 23.0 Å². The zero-order chi connectivity index (χ0) is 17.3. The quantitative estimate of drug-likeness (QED) is 0.629. The molecule has 1 heterocycles. The number of aromatic amines is 1. The number of aromatic nitrogens is 1. The molecule has 0 atom stereocenters. The summed E-state index contributed by atoms with van der Waals surface area (Å²) in [6.07, 6.45) is 1.44. The number of H-pyrrole nitrogens is 1. The molecule has 0 unspecified atom stereocenters. The van der Waals surface area contributed by atoms with Gasteiger partial charge in [-0.2, -0.15) is 0 Å². The average molecular weight is 351 g/mol. The Labute approximate surface area is 135 Å². The van der Waals surface area contributed by atoms with Crippen LogP contribution >= 0.6 is 0 Å². The van der Waals surface area contributed by atoms with Gasteiger partial charge >= 0.3 is 0 Å². The van der Waals surface area contributed by atoms with Crippen molar-refractivity contribution in [2.24, 2.45) is 0 Å². The van der Waals surface area contributed by atoms with E-state index in [9.17, 15) is 22.0 Å². The molecule has 3 rings (SSSR count). The number of carbonyl (C=O) groups is 1. The largest absolute Gasteiger partial charge is 0.360 e. The van der Waals surface area contributed by atoms with Crippen LogP contribution in [-0.2, 0) is 10.0 Å². The molecule has 24 heavy (non-hydrogen) atoms. The number of hydrogen-bond donors (Lipinski definition) is 3. The van der Waals surface area contributed by atoms with Crippen LogP contribution in [-0.4, -0.2) is 19.3 Å². The monoisotopic (exact) mass is 351 g/mol. The van der Waals surface area contributed by atoms with E-state index in [4.69, 9.17) is 0 Å². The third kappa shape index (κ3) is 2.99. The Morgan fingerprint density at radius 3 is 2.54 bits per heavy atom. The van der Waals surface area contributed by atoms with Crippen molar-refractivity contribution in [3.05, 3.63) is 65.9 Å². The second-order valence-electron chi connectivity index (χ2n) is 4.88. The summed E-state index contributed by atoms with van der Waals surface area (Å²) in [6.45, 7) is 0. The summed E-state index contributed by atoms with van der Waals surface area (Å²) in [7, 11) is -4.24. The molecule has 0 saturated heterocycles. The van der Waals surface area contributed by atoms with Gasteiger partial charge < -0.3 is 4.98 Å². The Hall–Kier alpha value is -2.78. The molecule has 6 nitrogen and oxygen atoms in total. The van der Waals surface area contributed by atoms with Crippen LogP contribution in [0.2, 0.25) is 0 Å². The molecule has 3 aromatic rings. The molecule has 0 bridgehead atoms. The summed E-state index contributed by atoms with van der Waals surface area (Å²) in [5.74, 6) is -3.17. The van der Waals surface area contributed by atoms with Gasteiger partial charge in [-0.1, -0.05) is 18.2 Å². The van der Waals surface area contributed by atoms with Crippen molar-refractivity contribution in [2.75, 3.05) is 0 Å². The van der Waals surface area contributed by atoms with Crippen molar-refractivity contribution in [1.82, 2.24) is 15.2 Å². The summed E-state index contributed by atoms with van der Waals surface area (Å²) in [5.41, 5.74) is 2.99. The van der Waals surface area contributed by atoms with E-state index in [1.807, 2.05) is 10.3 Å². The Bertz CT molecular complexity index is 1030. The first-order valence-corrected chi connectivity index (χ1v) is 8.20. The van der Waals surface area contributed by atoms with Gasteiger partial charge in [-0.05, 0) is 24.3 Å². The van der Waals surface area contributed by atoms with E-state index >= 15 is 0 Å². The lowest BCUT2D eigenvalue weighted by Crippen LogP contribution is -2.41. The maximum absolute atomic E-state index is 13.1. The van der Waals surface area contributed by atoms with Crippen molar-refractivity contribution >= 4 is 26.8 Å². The first-order valence-electron chi connectivity index (χ1n) is 6.72. The molecule has 1 amide bonds. The number of rotatable bonds is 4. The minimum absolute atomic E-state index is 0.235. The molecule has 1 aromatic heterocycles. The average Bonchev–Trinajstić information content (AvgIpc) is 2.99. The molecular weight excluding hydrogens is 340 g/mol. The highest BCUT2D eigenvalue weighted by atomic mass is 32.2. The molecule has 0 aliphatic heterocycles. The smallest absolute Gasteiger partial charge is 0.268 e. The van der Waals surface area contributed by atoms with Crippen LogP contribution < -0.4 is 10.3 Å². The first kappa shape index (κ1) is 16.1. The zero-order valence-electron chi connectivity index (χ0n) is 12.0. The van der Waals surface area contributed by atoms with Gasteiger partial charge in [0.05, 0.1) is 10.5 Å². The third-order valence-electron chi connectivity index (χ3n) is 3.33. The maximum atomic E-state index is 13.1. The van der Waals surface area contributed by atoms with Gasteiger partial charge in [-0.25, -0.2) is 17.2 Å². The standard InChI is InChI=1S/C15H11F2N3O3S/c16-12-6-5-9(7-13(12)17)24(22,23)20-19-15(21)11-8-18-14-4-2-1-3-10(11)14/h1-8,18,20H,(H,19,21). The van der Waals surface area contributed by atoms with E-state index in [0.717, 1.165) is 6.07 Å². The van der Waals surface area contributed by atoms with Crippen LogP contribution in [0.5, 0.6) is 0 Å². The maximum Gasteiger partial charge on any atom is 0.268 e. The molecule has 9 heteroatoms. The minimum Gasteiger partial charge on any atom is -0.360 e. The lowest BCUT2D eigenvalue weighted by atomic mass is 10.2. The van der Waals surface area contributed by atoms with Crippen molar-refractivity contribution in [3.63, 3.8) is 0 Å². The van der Waals surface area contributed by atoms with E-state index in [-0.39, 0.29) is 5.56 Å². The number of carbonyl (C=O) groups excluding carboxylic acids is 1. The van der Waals surface area contributed by atoms with Crippen LogP contribution in [0.4, 0.5) is 8.78 Å². The van der Waals surface area contributed by atoms with Gasteiger partial charge in [0.15, 0.2) is 11.6 Å². The number of hydrazine groups is 1. The van der Waals surface area contributed by atoms with Gasteiger partial charge in [0, 0.05) is 17.1 Å². The Morgan fingerprint density at radius 1 is 1.04 bits per heavy atom. The number of halogens is 2. The predicted molar refractivity (Wildman–Crippen MR) is 82.4 cm³/mol. The second-order valence-corrected chi connectivity index (χ2v) is 6.57. The third-order valence-corrected chi connectivity index (χ3v) is 4.58. The number of para-hydroxylation sites is 1. The van der Waals surface area contributed by atoms with Gasteiger partial charge in [0.25, 0.3) is 15.9 Å². The van der Waals surface area contributed by atoms with E-state index in [2.05, 4.69) is 4.98 Å². The summed E-state index contributed by atoms with van der Waals surface area (Å²) < 4.78 is 50.0. The van der Waals surface area contributed by atoms with Crippen LogP contribution in [0, 0.1) is 11.6 Å². The lowest BCUT2D eigenvalue weighted by Gasteiger charge is -2.08. The fourth-order valence-electron chi connectivity index (χ4n) is 2.14. The molecule has 0 aliphatic rings. The van der Waals surface area contributed by atoms with Gasteiger partial charge in [-0.15, -0.1) is 4.83 Å². The Balaban J connectivity index is 1.79. The van der Waals surface area contributed by atoms with E-state index < -0.39 is 32.5 Å². The summed E-state index contributed by atoms with van der Waals surface area (Å²) >= 11 is 0. The number of sulfonamides is 1. The molecular formula is C15H11F2N3O3S. The van der Waals surface area contributed by atoms with Gasteiger partial charge in [0.2, 0.25) is 0 Å². The summed E-state index contributed by atoms with van der Waals surface area (Å²) in [6, 6.07) is 9.08. The normalized spacial score (nSPS) is 11.6. The molecule has 3 N–H and O–H groups in total. The van der Waals surface area contributed by atoms with Gasteiger partial charge in [0.1, 0.15) is 0 Å². The number of nitrogens with one attached hydrogen (secondary N) is 3. The van der Waals surface area contributed by atoms with Crippen LogP contribution in [0.3, 0.4) is 0 Å². The lowest BCUT2D eigenvalue weighted by molar-refractivity contribution is 0.0947. The molecule has 124 valence electrons. The summed E-state index contributed by atoms with van der Waals surface area (Å²) in [5, 5.41) is 0.613. The van der Waals surface area contributed by atoms with Crippen LogP contribution in [0.1, 0.15) is 10.4 Å². The van der Waals surface area contributed by atoms with E-state index in [1.54, 1.807) is 24.3 Å². The zero-order valence-corrected chi connectivity index (χ0v) is 12.8. The second kappa shape index (κ2) is 6.02. The predicted octanol–water partition coefficient (Wildman–Crippen LogP) is 2.07. The SMILES string of the molecule is O=C(NNS(=O)(=O)c1ccc(F)c(F)c1)c1c[nH]c2ccccc12. The topological polar surface area (TPSA) is 91.1 Å². The highest BCUT2D eigenvalue weighted by Gasteiger charge is 2.19. The fourth-order valence-corrected chi connectivity index (χ4v) is 2.99. The van der Waals surface area contributed by atoms with E-state index in [1.165, 1.54) is 6.20 Å². The Morgan fingerprint density at radius 2 is 1.79 bits per heavy atom. The van der Waals surface area contributed by atoms with Gasteiger partial charge in [-0.3, -0.25) is 10.2 Å². The number of benzene rings is 2. The number of fused-ring (bicyclic) bond motifs is 1. The molecule has 2 aromatic carbocycles. The van der Waals surface area contributed by atoms with Crippen molar-refractivity contribution in [3.8, 4) is 0 Å². The van der Waals surface area contributed by atoms with Crippen molar-refractivity contribution < 1.29 is 22.0 Å². The molecule has 0 radical (unpaired) electrons. The minimum atomic E-state index is -4.24. The Kier molecular flexibility index (Phi) is 4.04. The summed E-state index contributed by atoms with van der Waals surface area (Å²) in [4.78, 5) is 16.3. The highest BCUT2D eigenvalue weighted by molar-refractivity contribution is 7.89. The molecule has 0 spiro atoms. The van der Waals surface area contributed by atoms with Crippen LogP contribution in [0.25, 0.3) is 10.9 Å². The van der Waals surface area contributed by atoms with Crippen molar-refractivity contribution in [1.29, 1.82) is 0 Å². The highest BCUT2D eigenvalue weighted by Crippen LogP contribution is 2.17. The van der Waals surface area contributed by atoms with Crippen molar-refractivity contribution in [2.45, 2.75) is 4.90 Å². The number of amides is 1. The number of hydrogen-bond acceptors (Lipinski definition) is 3. The first-order chi connectivity index (χ1) is 11.4. The molecule has 0 saturated carbocycles. The molecule has 0 aliphatic carbocycles. The van der Waals surface area contributed by atoms with Crippen LogP contribution in [0.15, 0.2) is 53.6 Å². The fraction of sp³-hybridized carbons (Fsp3) is 0. The molecule has 0 fully saturated rings.